The lowest BCUT2D eigenvalue weighted by Gasteiger charge is -2.13. The van der Waals surface area contributed by atoms with E-state index in [4.69, 9.17) is 0 Å². The second kappa shape index (κ2) is 7.96. The van der Waals surface area contributed by atoms with Gasteiger partial charge in [-0.3, -0.25) is 9.48 Å². The number of carbonyl (C=O) groups is 1. The second-order valence-corrected chi connectivity index (χ2v) is 8.30. The molecule has 0 fully saturated rings. The highest BCUT2D eigenvalue weighted by molar-refractivity contribution is 7.99. The van der Waals surface area contributed by atoms with Gasteiger partial charge >= 0.3 is 0 Å². The minimum Gasteiger partial charge on any atom is -0.349 e. The van der Waals surface area contributed by atoms with Crippen LogP contribution < -0.4 is 5.32 Å². The molecule has 0 bridgehead atoms. The Morgan fingerprint density at radius 3 is 2.74 bits per heavy atom. The molecule has 2 aromatic carbocycles. The van der Waals surface area contributed by atoms with Crippen molar-refractivity contribution in [2.45, 2.75) is 23.3 Å². The van der Waals surface area contributed by atoms with Crippen LogP contribution in [0.4, 0.5) is 4.39 Å². The molecule has 0 unspecified atom stereocenters. The highest BCUT2D eigenvalue weighted by Crippen LogP contribution is 2.36. The van der Waals surface area contributed by atoms with Crippen LogP contribution >= 0.6 is 11.8 Å². The summed E-state index contributed by atoms with van der Waals surface area (Å²) < 4.78 is 16.6. The van der Waals surface area contributed by atoms with Crippen LogP contribution in [0, 0.1) is 12.7 Å². The summed E-state index contributed by atoms with van der Waals surface area (Å²) >= 11 is 1.46. The van der Waals surface area contributed by atoms with Crippen LogP contribution in [0.1, 0.15) is 16.1 Å². The summed E-state index contributed by atoms with van der Waals surface area (Å²) in [5.74, 6) is -0.274. The Labute approximate surface area is 182 Å². The van der Waals surface area contributed by atoms with Gasteiger partial charge in [-0.1, -0.05) is 35.5 Å². The normalized spacial score (nSPS) is 13.0. The lowest BCUT2D eigenvalue weighted by Crippen LogP contribution is -2.35. The molecule has 3 heterocycles. The lowest BCUT2D eigenvalue weighted by molar-refractivity contribution is 0.0924. The Kier molecular flexibility index (Phi) is 4.99. The van der Waals surface area contributed by atoms with E-state index in [0.29, 0.717) is 35.7 Å². The largest absolute Gasteiger partial charge is 0.349 e. The van der Waals surface area contributed by atoms with Crippen molar-refractivity contribution in [1.82, 2.24) is 25.1 Å². The monoisotopic (exact) mass is 431 g/mol. The molecule has 154 valence electrons. The van der Waals surface area contributed by atoms with E-state index in [-0.39, 0.29) is 11.7 Å². The summed E-state index contributed by atoms with van der Waals surface area (Å²) in [7, 11) is 0. The van der Waals surface area contributed by atoms with Crippen molar-refractivity contribution in [3.63, 3.8) is 0 Å². The number of carbonyl (C=O) groups excluding carboxylic acids is 1. The van der Waals surface area contributed by atoms with Gasteiger partial charge in [-0.05, 0) is 43.3 Å². The Morgan fingerprint density at radius 2 is 1.94 bits per heavy atom. The Bertz CT molecular complexity index is 1290. The van der Waals surface area contributed by atoms with Crippen molar-refractivity contribution in [3.05, 3.63) is 77.9 Å². The maximum atomic E-state index is 14.9. The van der Waals surface area contributed by atoms with E-state index < -0.39 is 5.82 Å². The fourth-order valence-corrected chi connectivity index (χ4v) is 4.39. The zero-order valence-corrected chi connectivity index (χ0v) is 17.5. The first kappa shape index (κ1) is 19.4. The van der Waals surface area contributed by atoms with Gasteiger partial charge in [0.25, 0.3) is 5.91 Å². The second-order valence-electron chi connectivity index (χ2n) is 7.19. The van der Waals surface area contributed by atoms with Gasteiger partial charge in [0.15, 0.2) is 5.82 Å². The van der Waals surface area contributed by atoms with Crippen molar-refractivity contribution in [2.24, 2.45) is 0 Å². The third-order valence-electron chi connectivity index (χ3n) is 4.99. The molecular weight excluding hydrogens is 413 g/mol. The zero-order chi connectivity index (χ0) is 21.4. The summed E-state index contributed by atoms with van der Waals surface area (Å²) in [6, 6.07) is 16.4. The summed E-state index contributed by atoms with van der Waals surface area (Å²) in [4.78, 5) is 22.7. The number of hydrogen-bond acceptors (Lipinski definition) is 5. The summed E-state index contributed by atoms with van der Waals surface area (Å²) in [6.45, 7) is 3.17. The molecule has 0 saturated carbocycles. The molecule has 0 saturated heterocycles. The fourth-order valence-electron chi connectivity index (χ4n) is 3.42. The first-order valence-electron chi connectivity index (χ1n) is 9.81. The van der Waals surface area contributed by atoms with Crippen LogP contribution in [0.2, 0.25) is 0 Å². The summed E-state index contributed by atoms with van der Waals surface area (Å²) in [5, 5.41) is 7.29. The van der Waals surface area contributed by atoms with E-state index >= 15 is 0 Å². The molecule has 31 heavy (non-hydrogen) atoms. The van der Waals surface area contributed by atoms with Crippen molar-refractivity contribution in [1.29, 1.82) is 0 Å². The van der Waals surface area contributed by atoms with Gasteiger partial charge in [0.1, 0.15) is 17.2 Å². The first-order chi connectivity index (χ1) is 15.1. The molecule has 1 aliphatic rings. The van der Waals surface area contributed by atoms with Gasteiger partial charge in [-0.2, -0.15) is 5.10 Å². The molecule has 2 aromatic heterocycles. The van der Waals surface area contributed by atoms with Crippen LogP contribution in [0.15, 0.2) is 70.6 Å². The maximum Gasteiger partial charge on any atom is 0.269 e. The van der Waals surface area contributed by atoms with Crippen LogP contribution in [-0.4, -0.2) is 32.2 Å². The maximum absolute atomic E-state index is 14.9. The van der Waals surface area contributed by atoms with Crippen LogP contribution in [0.25, 0.3) is 22.8 Å². The topological polar surface area (TPSA) is 72.7 Å². The molecule has 1 N–H and O–H groups in total. The minimum atomic E-state index is -0.391. The third kappa shape index (κ3) is 3.82. The van der Waals surface area contributed by atoms with Crippen molar-refractivity contribution < 1.29 is 9.18 Å². The Hall–Kier alpha value is -3.52. The van der Waals surface area contributed by atoms with E-state index in [9.17, 15) is 9.18 Å². The van der Waals surface area contributed by atoms with Crippen molar-refractivity contribution in [3.8, 4) is 22.8 Å². The number of hydrogen-bond donors (Lipinski definition) is 1. The average Bonchev–Trinajstić information content (AvgIpc) is 3.22. The summed E-state index contributed by atoms with van der Waals surface area (Å²) in [6.07, 6.45) is 1.59. The number of fused-ring (bicyclic) bond motifs is 1. The molecule has 8 heteroatoms. The minimum absolute atomic E-state index is 0.162. The third-order valence-corrected chi connectivity index (χ3v) is 6.06. The molecule has 1 amide bonds. The predicted molar refractivity (Wildman–Crippen MR) is 116 cm³/mol. The number of amides is 1. The van der Waals surface area contributed by atoms with E-state index in [1.807, 2.05) is 37.3 Å². The average molecular weight is 431 g/mol. The summed E-state index contributed by atoms with van der Waals surface area (Å²) in [5.41, 5.74) is 3.09. The molecule has 0 aliphatic carbocycles. The smallest absolute Gasteiger partial charge is 0.269 e. The molecule has 6 nitrogen and oxygen atoms in total. The number of aromatic nitrogens is 4. The van der Waals surface area contributed by atoms with Crippen LogP contribution in [0.5, 0.6) is 0 Å². The molecule has 1 aliphatic heterocycles. The van der Waals surface area contributed by atoms with Crippen LogP contribution in [-0.2, 0) is 6.54 Å². The Morgan fingerprint density at radius 1 is 1.10 bits per heavy atom. The van der Waals surface area contributed by atoms with Crippen LogP contribution in [0.3, 0.4) is 0 Å². The number of halogens is 1. The molecular formula is C23H18FN5OS. The lowest BCUT2D eigenvalue weighted by atomic mass is 10.2. The number of nitrogens with one attached hydrogen (secondary N) is 1. The standard InChI is InChI=1S/C23H18FN5OS/c1-14-5-7-15(8-6-14)31-20-4-2-3-16(24)21(20)22-25-10-9-17(27-22)18-13-19-23(30)26-11-12-29(19)28-18/h2-10,13H,11-12H2,1H3,(H,26,30). The van der Waals surface area contributed by atoms with Gasteiger partial charge in [-0.25, -0.2) is 14.4 Å². The number of benzene rings is 2. The first-order valence-corrected chi connectivity index (χ1v) is 10.6. The molecule has 0 radical (unpaired) electrons. The van der Waals surface area contributed by atoms with Crippen molar-refractivity contribution in [2.75, 3.05) is 6.54 Å². The van der Waals surface area contributed by atoms with E-state index in [0.717, 1.165) is 15.4 Å². The van der Waals surface area contributed by atoms with Gasteiger partial charge in [0.05, 0.1) is 17.8 Å². The van der Waals surface area contributed by atoms with Gasteiger partial charge in [-0.15, -0.1) is 0 Å². The van der Waals surface area contributed by atoms with Gasteiger partial charge in [0, 0.05) is 22.5 Å². The number of rotatable bonds is 4. The quantitative estimate of drug-likeness (QED) is 0.520. The van der Waals surface area contributed by atoms with E-state index in [1.165, 1.54) is 17.8 Å². The van der Waals surface area contributed by atoms with Gasteiger partial charge in [0.2, 0.25) is 0 Å². The zero-order valence-electron chi connectivity index (χ0n) is 16.7. The predicted octanol–water partition coefficient (Wildman–Crippen LogP) is 4.35. The molecule has 4 aromatic rings. The van der Waals surface area contributed by atoms with Crippen molar-refractivity contribution >= 4 is 17.7 Å². The fraction of sp³-hybridized carbons (Fsp3) is 0.130. The molecule has 5 rings (SSSR count). The van der Waals surface area contributed by atoms with Gasteiger partial charge < -0.3 is 5.32 Å². The van der Waals surface area contributed by atoms with E-state index in [2.05, 4.69) is 20.4 Å². The molecule has 0 atom stereocenters. The van der Waals surface area contributed by atoms with E-state index in [1.54, 1.807) is 29.1 Å². The SMILES string of the molecule is Cc1ccc(Sc2cccc(F)c2-c2nccc(-c3cc4n(n3)CCNC4=O)n2)cc1. The highest BCUT2D eigenvalue weighted by atomic mass is 32.2. The molecule has 0 spiro atoms. The Balaban J connectivity index is 1.54. The number of nitrogens with zero attached hydrogens (tertiary/aromatic N) is 4. The highest BCUT2D eigenvalue weighted by Gasteiger charge is 2.21. The number of aryl methyl sites for hydroxylation is 1.